The van der Waals surface area contributed by atoms with Gasteiger partial charge in [0.2, 0.25) is 0 Å². The van der Waals surface area contributed by atoms with Crippen molar-refractivity contribution in [3.8, 4) is 0 Å². The summed E-state index contributed by atoms with van der Waals surface area (Å²) in [6.45, 7) is 1.37. The number of fused-ring (bicyclic) bond motifs is 1. The zero-order valence-corrected chi connectivity index (χ0v) is 10.4. The Kier molecular flexibility index (Phi) is 2.72. The summed E-state index contributed by atoms with van der Waals surface area (Å²) in [4.78, 5) is 24.4. The summed E-state index contributed by atoms with van der Waals surface area (Å²) in [5.41, 5.74) is 1.23. The van der Waals surface area contributed by atoms with Gasteiger partial charge in [-0.05, 0) is 12.1 Å². The number of hydrogen-bond donors (Lipinski definition) is 0. The van der Waals surface area contributed by atoms with Gasteiger partial charge in [-0.1, -0.05) is 12.1 Å². The highest BCUT2D eigenvalue weighted by Gasteiger charge is 2.54. The standard InChI is InChI=1S/C12H12NO2.BrH/c14-11-9-5-1-2-6-10(9)12(15)13(11)7-3-4-8-13;/h1-2,5-6H,3-4,7-8H2;1H/q+1;/p-1. The van der Waals surface area contributed by atoms with Gasteiger partial charge in [-0.25, -0.2) is 9.59 Å². The molecule has 1 aromatic carbocycles. The SMILES string of the molecule is O=C1c2ccccc2C(=O)[N+]12CCCC2.[Br-]. The van der Waals surface area contributed by atoms with Crippen molar-refractivity contribution in [1.82, 2.24) is 0 Å². The first-order chi connectivity index (χ1) is 7.26. The highest BCUT2D eigenvalue weighted by molar-refractivity contribution is 6.13. The molecule has 2 amide bonds. The number of halogens is 1. The molecule has 4 heteroatoms. The Labute approximate surface area is 104 Å². The molecule has 0 saturated carbocycles. The Bertz CT molecular complexity index is 427. The fourth-order valence-electron chi connectivity index (χ4n) is 2.69. The highest BCUT2D eigenvalue weighted by Crippen LogP contribution is 2.34. The summed E-state index contributed by atoms with van der Waals surface area (Å²) in [7, 11) is 0. The van der Waals surface area contributed by atoms with Gasteiger partial charge in [0.25, 0.3) is 0 Å². The first-order valence-corrected chi connectivity index (χ1v) is 5.32. The molecule has 1 saturated heterocycles. The fraction of sp³-hybridized carbons (Fsp3) is 0.333. The van der Waals surface area contributed by atoms with E-state index in [9.17, 15) is 9.59 Å². The molecule has 0 atom stereocenters. The van der Waals surface area contributed by atoms with Crippen LogP contribution in [0.15, 0.2) is 24.3 Å². The smallest absolute Gasteiger partial charge is 0.354 e. The zero-order chi connectivity index (χ0) is 10.5. The van der Waals surface area contributed by atoms with Crippen LogP contribution in [0, 0.1) is 0 Å². The Morgan fingerprint density at radius 1 is 0.875 bits per heavy atom. The molecule has 84 valence electrons. The van der Waals surface area contributed by atoms with Gasteiger partial charge in [0.1, 0.15) is 0 Å². The third-order valence-corrected chi connectivity index (χ3v) is 3.50. The van der Waals surface area contributed by atoms with Gasteiger partial charge in [-0.3, -0.25) is 0 Å². The van der Waals surface area contributed by atoms with Crippen molar-refractivity contribution < 1.29 is 31.1 Å². The van der Waals surface area contributed by atoms with Gasteiger partial charge < -0.3 is 17.0 Å². The van der Waals surface area contributed by atoms with Gasteiger partial charge in [-0.2, -0.15) is 4.48 Å². The van der Waals surface area contributed by atoms with Gasteiger partial charge in [-0.15, -0.1) is 0 Å². The van der Waals surface area contributed by atoms with Crippen LogP contribution in [-0.4, -0.2) is 29.4 Å². The number of amides is 2. The van der Waals surface area contributed by atoms with Crippen LogP contribution in [0.1, 0.15) is 33.6 Å². The second kappa shape index (κ2) is 3.79. The number of benzene rings is 1. The maximum atomic E-state index is 12.2. The number of quaternary nitrogens is 1. The van der Waals surface area contributed by atoms with E-state index in [-0.39, 0.29) is 33.3 Å². The molecule has 0 N–H and O–H groups in total. The van der Waals surface area contributed by atoms with Crippen LogP contribution in [-0.2, 0) is 0 Å². The average Bonchev–Trinajstić information content (AvgIpc) is 2.83. The number of imide groups is 1. The Morgan fingerprint density at radius 3 is 1.75 bits per heavy atom. The molecule has 16 heavy (non-hydrogen) atoms. The highest BCUT2D eigenvalue weighted by atomic mass is 79.9. The molecule has 3 nitrogen and oxygen atoms in total. The van der Waals surface area contributed by atoms with Gasteiger partial charge in [0, 0.05) is 12.8 Å². The summed E-state index contributed by atoms with van der Waals surface area (Å²) < 4.78 is 0.0549. The van der Waals surface area contributed by atoms with Crippen LogP contribution < -0.4 is 17.0 Å². The minimum atomic E-state index is 0. The lowest BCUT2D eigenvalue weighted by molar-refractivity contribution is -0.748. The maximum Gasteiger partial charge on any atom is 0.354 e. The summed E-state index contributed by atoms with van der Waals surface area (Å²) in [5.74, 6) is 0.0150. The molecule has 2 aliphatic rings. The lowest BCUT2D eigenvalue weighted by atomic mass is 10.1. The molecule has 0 radical (unpaired) electrons. The molecule has 0 aliphatic carbocycles. The first kappa shape index (κ1) is 11.5. The second-order valence-corrected chi connectivity index (χ2v) is 4.28. The van der Waals surface area contributed by atoms with E-state index in [0.717, 1.165) is 12.8 Å². The van der Waals surface area contributed by atoms with E-state index in [1.54, 1.807) is 12.1 Å². The van der Waals surface area contributed by atoms with E-state index >= 15 is 0 Å². The van der Waals surface area contributed by atoms with Crippen LogP contribution in [0.25, 0.3) is 0 Å². The number of rotatable bonds is 0. The van der Waals surface area contributed by atoms with Gasteiger partial charge in [0.05, 0.1) is 24.2 Å². The Morgan fingerprint density at radius 2 is 1.31 bits per heavy atom. The largest absolute Gasteiger partial charge is 1.00 e. The third kappa shape index (κ3) is 1.23. The summed E-state index contributed by atoms with van der Waals surface area (Å²) in [6.07, 6.45) is 1.96. The Hall–Kier alpha value is -1.00. The van der Waals surface area contributed by atoms with E-state index in [4.69, 9.17) is 0 Å². The van der Waals surface area contributed by atoms with Gasteiger partial charge in [0.15, 0.2) is 0 Å². The van der Waals surface area contributed by atoms with Crippen LogP contribution in [0.5, 0.6) is 0 Å². The molecule has 0 unspecified atom stereocenters. The van der Waals surface area contributed by atoms with Crippen molar-refractivity contribution in [1.29, 1.82) is 0 Å². The van der Waals surface area contributed by atoms with Crippen molar-refractivity contribution in [3.05, 3.63) is 35.4 Å². The first-order valence-electron chi connectivity index (χ1n) is 5.32. The number of carbonyl (C=O) groups is 2. The summed E-state index contributed by atoms with van der Waals surface area (Å²) >= 11 is 0. The number of carbonyl (C=O) groups excluding carboxylic acids is 2. The quantitative estimate of drug-likeness (QED) is 0.433. The van der Waals surface area contributed by atoms with Crippen molar-refractivity contribution in [2.45, 2.75) is 12.8 Å². The number of hydrogen-bond acceptors (Lipinski definition) is 2. The van der Waals surface area contributed by atoms with Gasteiger partial charge >= 0.3 is 11.8 Å². The van der Waals surface area contributed by atoms with Crippen LogP contribution in [0.3, 0.4) is 0 Å². The topological polar surface area (TPSA) is 34.1 Å². The fourth-order valence-corrected chi connectivity index (χ4v) is 2.69. The molecule has 2 heterocycles. The van der Waals surface area contributed by atoms with E-state index in [1.807, 2.05) is 12.1 Å². The van der Waals surface area contributed by atoms with Crippen molar-refractivity contribution in [2.75, 3.05) is 13.1 Å². The monoisotopic (exact) mass is 281 g/mol. The van der Waals surface area contributed by atoms with E-state index in [2.05, 4.69) is 0 Å². The van der Waals surface area contributed by atoms with Crippen LogP contribution in [0.4, 0.5) is 0 Å². The molecule has 2 aliphatic heterocycles. The predicted molar refractivity (Wildman–Crippen MR) is 54.3 cm³/mol. The van der Waals surface area contributed by atoms with Crippen LogP contribution in [0.2, 0.25) is 0 Å². The molecular formula is C12H12BrNO2. The molecule has 0 bridgehead atoms. The molecular weight excluding hydrogens is 270 g/mol. The molecule has 0 aromatic heterocycles. The molecule has 3 rings (SSSR count). The lowest BCUT2D eigenvalue weighted by Gasteiger charge is -2.21. The Balaban J connectivity index is 0.000000963. The number of nitrogens with zero attached hydrogens (tertiary/aromatic N) is 1. The average molecular weight is 282 g/mol. The predicted octanol–water partition coefficient (Wildman–Crippen LogP) is -1.40. The van der Waals surface area contributed by atoms with Crippen LogP contribution >= 0.6 is 0 Å². The third-order valence-electron chi connectivity index (χ3n) is 3.50. The van der Waals surface area contributed by atoms with E-state index in [0.29, 0.717) is 24.2 Å². The second-order valence-electron chi connectivity index (χ2n) is 4.28. The normalized spacial score (nSPS) is 21.0. The summed E-state index contributed by atoms with van der Waals surface area (Å²) in [6, 6.07) is 7.17. The minimum Gasteiger partial charge on any atom is -1.00 e. The molecule has 1 aromatic rings. The van der Waals surface area contributed by atoms with E-state index < -0.39 is 0 Å². The van der Waals surface area contributed by atoms with E-state index in [1.165, 1.54) is 0 Å². The minimum absolute atomic E-state index is 0. The van der Waals surface area contributed by atoms with Crippen molar-refractivity contribution >= 4 is 11.8 Å². The molecule has 1 spiro atoms. The summed E-state index contributed by atoms with van der Waals surface area (Å²) in [5, 5.41) is 0. The lowest BCUT2D eigenvalue weighted by Crippen LogP contribution is -3.00. The molecule has 1 fully saturated rings. The maximum absolute atomic E-state index is 12.2. The van der Waals surface area contributed by atoms with Crippen molar-refractivity contribution in [3.63, 3.8) is 0 Å². The zero-order valence-electron chi connectivity index (χ0n) is 8.78. The van der Waals surface area contributed by atoms with Crippen molar-refractivity contribution in [2.24, 2.45) is 0 Å².